The van der Waals surface area contributed by atoms with Gasteiger partial charge in [-0.1, -0.05) is 31.4 Å². The first-order valence-corrected chi connectivity index (χ1v) is 7.79. The van der Waals surface area contributed by atoms with Crippen molar-refractivity contribution in [3.05, 3.63) is 29.8 Å². The highest BCUT2D eigenvalue weighted by Crippen LogP contribution is 2.18. The van der Waals surface area contributed by atoms with Gasteiger partial charge in [0, 0.05) is 12.5 Å². The van der Waals surface area contributed by atoms with E-state index in [0.717, 1.165) is 25.0 Å². The monoisotopic (exact) mass is 275 g/mol. The van der Waals surface area contributed by atoms with Gasteiger partial charge in [0.25, 0.3) is 0 Å². The Morgan fingerprint density at radius 3 is 2.55 bits per heavy atom. The third-order valence-corrected chi connectivity index (χ3v) is 3.85. The second kappa shape index (κ2) is 7.93. The second-order valence-corrected chi connectivity index (χ2v) is 5.48. The van der Waals surface area contributed by atoms with E-state index in [9.17, 15) is 4.79 Å². The lowest BCUT2D eigenvalue weighted by atomic mass is 9.95. The number of amides is 1. The number of hydrogen-bond acceptors (Lipinski definition) is 2. The summed E-state index contributed by atoms with van der Waals surface area (Å²) in [7, 11) is 0. The molecule has 3 heteroatoms. The van der Waals surface area contributed by atoms with Gasteiger partial charge in [-0.15, -0.1) is 0 Å². The molecule has 0 radical (unpaired) electrons. The van der Waals surface area contributed by atoms with Crippen molar-refractivity contribution in [2.45, 2.75) is 57.9 Å². The van der Waals surface area contributed by atoms with Crippen LogP contribution in [0.3, 0.4) is 0 Å². The van der Waals surface area contributed by atoms with Crippen molar-refractivity contribution in [3.63, 3.8) is 0 Å². The van der Waals surface area contributed by atoms with E-state index < -0.39 is 0 Å². The van der Waals surface area contributed by atoms with Crippen LogP contribution in [0.1, 0.15) is 51.0 Å². The summed E-state index contributed by atoms with van der Waals surface area (Å²) in [5.74, 6) is 1.08. The molecule has 0 saturated heterocycles. The Morgan fingerprint density at radius 1 is 1.20 bits per heavy atom. The Balaban J connectivity index is 1.72. The first-order chi connectivity index (χ1) is 9.78. The van der Waals surface area contributed by atoms with Crippen LogP contribution in [-0.4, -0.2) is 18.6 Å². The fourth-order valence-corrected chi connectivity index (χ4v) is 2.72. The smallest absolute Gasteiger partial charge is 0.220 e. The van der Waals surface area contributed by atoms with E-state index in [0.29, 0.717) is 19.1 Å². The first-order valence-electron chi connectivity index (χ1n) is 7.79. The molecule has 1 N–H and O–H groups in total. The summed E-state index contributed by atoms with van der Waals surface area (Å²) in [5.41, 5.74) is 1.19. The van der Waals surface area contributed by atoms with Crippen LogP contribution < -0.4 is 10.1 Å². The van der Waals surface area contributed by atoms with Crippen LogP contribution >= 0.6 is 0 Å². The fraction of sp³-hybridized carbons (Fsp3) is 0.588. The molecule has 3 nitrogen and oxygen atoms in total. The van der Waals surface area contributed by atoms with Gasteiger partial charge >= 0.3 is 0 Å². The van der Waals surface area contributed by atoms with Crippen molar-refractivity contribution in [1.82, 2.24) is 5.32 Å². The molecule has 0 heterocycles. The molecule has 1 aromatic rings. The van der Waals surface area contributed by atoms with E-state index in [4.69, 9.17) is 4.74 Å². The topological polar surface area (TPSA) is 38.3 Å². The predicted molar refractivity (Wildman–Crippen MR) is 80.9 cm³/mol. The summed E-state index contributed by atoms with van der Waals surface area (Å²) in [6.45, 7) is 2.66. The van der Waals surface area contributed by atoms with Crippen LogP contribution in [0.5, 0.6) is 5.75 Å². The van der Waals surface area contributed by atoms with E-state index in [1.54, 1.807) is 0 Å². The van der Waals surface area contributed by atoms with Crippen molar-refractivity contribution < 1.29 is 9.53 Å². The molecule has 2 rings (SSSR count). The maximum Gasteiger partial charge on any atom is 0.220 e. The van der Waals surface area contributed by atoms with Gasteiger partial charge < -0.3 is 10.1 Å². The Labute approximate surface area is 121 Å². The summed E-state index contributed by atoms with van der Waals surface area (Å²) in [6, 6.07) is 8.43. The third-order valence-electron chi connectivity index (χ3n) is 3.85. The molecule has 0 atom stereocenters. The molecule has 1 saturated carbocycles. The van der Waals surface area contributed by atoms with E-state index in [1.165, 1.54) is 24.8 Å². The number of carbonyl (C=O) groups excluding carboxylic acids is 1. The lowest BCUT2D eigenvalue weighted by molar-refractivity contribution is -0.121. The summed E-state index contributed by atoms with van der Waals surface area (Å²) in [5, 5.41) is 3.16. The van der Waals surface area contributed by atoms with Gasteiger partial charge in [-0.2, -0.15) is 0 Å². The van der Waals surface area contributed by atoms with Crippen LogP contribution in [0.2, 0.25) is 0 Å². The maximum atomic E-state index is 11.9. The van der Waals surface area contributed by atoms with Gasteiger partial charge in [0.2, 0.25) is 5.91 Å². The van der Waals surface area contributed by atoms with Crippen LogP contribution in [0, 0.1) is 0 Å². The Morgan fingerprint density at radius 2 is 1.90 bits per heavy atom. The van der Waals surface area contributed by atoms with E-state index in [-0.39, 0.29) is 5.91 Å². The number of aryl methyl sites for hydroxylation is 1. The van der Waals surface area contributed by atoms with Crippen molar-refractivity contribution in [3.8, 4) is 5.75 Å². The number of nitrogens with one attached hydrogen (secondary N) is 1. The predicted octanol–water partition coefficient (Wildman–Crippen LogP) is 3.47. The molecule has 0 unspecified atom stereocenters. The number of hydrogen-bond donors (Lipinski definition) is 1. The van der Waals surface area contributed by atoms with Crippen molar-refractivity contribution >= 4 is 5.91 Å². The van der Waals surface area contributed by atoms with Gasteiger partial charge in [0.15, 0.2) is 0 Å². The molecule has 0 aliphatic heterocycles. The average molecular weight is 275 g/mol. The van der Waals surface area contributed by atoms with Gasteiger partial charge in [-0.05, 0) is 43.9 Å². The summed E-state index contributed by atoms with van der Waals surface area (Å²) >= 11 is 0. The summed E-state index contributed by atoms with van der Waals surface area (Å²) in [6.07, 6.45) is 7.49. The maximum absolute atomic E-state index is 11.9. The minimum Gasteiger partial charge on any atom is -0.494 e. The number of benzene rings is 1. The largest absolute Gasteiger partial charge is 0.494 e. The van der Waals surface area contributed by atoms with Crippen LogP contribution in [-0.2, 0) is 11.2 Å². The lowest BCUT2D eigenvalue weighted by Crippen LogP contribution is -2.36. The molecular weight excluding hydrogens is 250 g/mol. The molecule has 1 aromatic carbocycles. The second-order valence-electron chi connectivity index (χ2n) is 5.48. The Bertz CT molecular complexity index is 408. The molecule has 1 aliphatic carbocycles. The van der Waals surface area contributed by atoms with Crippen LogP contribution in [0.15, 0.2) is 24.3 Å². The standard InChI is InChI=1S/C17H25NO2/c1-2-20-16-11-8-14(9-12-16)10-13-17(19)18-15-6-4-3-5-7-15/h8-9,11-12,15H,2-7,10,13H2,1H3,(H,18,19). The third kappa shape index (κ3) is 4.87. The molecule has 1 aliphatic rings. The summed E-state index contributed by atoms with van der Waals surface area (Å²) in [4.78, 5) is 11.9. The number of carbonyl (C=O) groups is 1. The average Bonchev–Trinajstić information content (AvgIpc) is 2.48. The fourth-order valence-electron chi connectivity index (χ4n) is 2.72. The molecule has 0 aromatic heterocycles. The molecule has 110 valence electrons. The Kier molecular flexibility index (Phi) is 5.90. The zero-order valence-electron chi connectivity index (χ0n) is 12.4. The minimum atomic E-state index is 0.186. The van der Waals surface area contributed by atoms with Gasteiger partial charge in [-0.3, -0.25) is 4.79 Å². The lowest BCUT2D eigenvalue weighted by Gasteiger charge is -2.22. The van der Waals surface area contributed by atoms with E-state index in [1.807, 2.05) is 31.2 Å². The molecule has 1 amide bonds. The molecule has 1 fully saturated rings. The zero-order valence-corrected chi connectivity index (χ0v) is 12.4. The highest BCUT2D eigenvalue weighted by molar-refractivity contribution is 5.76. The van der Waals surface area contributed by atoms with Gasteiger partial charge in [-0.25, -0.2) is 0 Å². The number of rotatable bonds is 6. The molecule has 0 bridgehead atoms. The van der Waals surface area contributed by atoms with Crippen molar-refractivity contribution in [1.29, 1.82) is 0 Å². The molecular formula is C17H25NO2. The first kappa shape index (κ1) is 14.9. The van der Waals surface area contributed by atoms with Crippen LogP contribution in [0.25, 0.3) is 0 Å². The minimum absolute atomic E-state index is 0.186. The van der Waals surface area contributed by atoms with Gasteiger partial charge in [0.05, 0.1) is 6.61 Å². The van der Waals surface area contributed by atoms with E-state index in [2.05, 4.69) is 5.32 Å². The van der Waals surface area contributed by atoms with Gasteiger partial charge in [0.1, 0.15) is 5.75 Å². The zero-order chi connectivity index (χ0) is 14.2. The van der Waals surface area contributed by atoms with Crippen LogP contribution in [0.4, 0.5) is 0 Å². The highest BCUT2D eigenvalue weighted by Gasteiger charge is 2.15. The SMILES string of the molecule is CCOc1ccc(CCC(=O)NC2CCCCC2)cc1. The van der Waals surface area contributed by atoms with Crippen molar-refractivity contribution in [2.24, 2.45) is 0 Å². The quantitative estimate of drug-likeness (QED) is 0.863. The molecule has 20 heavy (non-hydrogen) atoms. The van der Waals surface area contributed by atoms with Crippen molar-refractivity contribution in [2.75, 3.05) is 6.61 Å². The normalized spacial score (nSPS) is 15.8. The summed E-state index contributed by atoms with van der Waals surface area (Å²) < 4.78 is 5.41. The number of ether oxygens (including phenoxy) is 1. The molecule has 0 spiro atoms. The Hall–Kier alpha value is -1.51. The van der Waals surface area contributed by atoms with E-state index >= 15 is 0 Å². The highest BCUT2D eigenvalue weighted by atomic mass is 16.5.